The molecular formula is C10H22O3Si. The number of epoxide rings is 1. The van der Waals surface area contributed by atoms with Crippen LogP contribution in [-0.4, -0.2) is 41.5 Å². The molecular weight excluding hydrogens is 196 g/mol. The van der Waals surface area contributed by atoms with Crippen LogP contribution in [0.15, 0.2) is 0 Å². The lowest BCUT2D eigenvalue weighted by Crippen LogP contribution is -2.41. The highest BCUT2D eigenvalue weighted by molar-refractivity contribution is 5.98. The van der Waals surface area contributed by atoms with Crippen molar-refractivity contribution in [3.8, 4) is 0 Å². The Morgan fingerprint density at radius 3 is 2.64 bits per heavy atom. The van der Waals surface area contributed by atoms with Gasteiger partial charge in [0.15, 0.2) is 0 Å². The van der Waals surface area contributed by atoms with Gasteiger partial charge in [0.1, 0.15) is 16.6 Å². The Labute approximate surface area is 89.7 Å². The third-order valence-electron chi connectivity index (χ3n) is 2.74. The Hall–Kier alpha value is 0.0969. The average Bonchev–Trinajstić information content (AvgIpc) is 2.95. The SMILES string of the molecule is CCCC(OCC1CO1)C(C)(C)O[SiH3]. The molecule has 1 heterocycles. The van der Waals surface area contributed by atoms with Gasteiger partial charge in [-0.1, -0.05) is 13.3 Å². The lowest BCUT2D eigenvalue weighted by atomic mass is 9.98. The first kappa shape index (κ1) is 12.2. The van der Waals surface area contributed by atoms with E-state index in [0.29, 0.717) is 6.10 Å². The zero-order valence-electron chi connectivity index (χ0n) is 9.71. The number of rotatable bonds is 7. The van der Waals surface area contributed by atoms with Crippen molar-refractivity contribution in [2.75, 3.05) is 13.2 Å². The van der Waals surface area contributed by atoms with Gasteiger partial charge in [-0.15, -0.1) is 0 Å². The summed E-state index contributed by atoms with van der Waals surface area (Å²) in [5, 5.41) is 0. The zero-order chi connectivity index (χ0) is 10.6. The lowest BCUT2D eigenvalue weighted by molar-refractivity contribution is -0.0777. The summed E-state index contributed by atoms with van der Waals surface area (Å²) in [5.74, 6) is 0. The van der Waals surface area contributed by atoms with Crippen molar-refractivity contribution in [1.82, 2.24) is 0 Å². The van der Waals surface area contributed by atoms with Crippen LogP contribution in [0, 0.1) is 0 Å². The molecule has 3 nitrogen and oxygen atoms in total. The molecule has 0 aliphatic carbocycles. The third kappa shape index (κ3) is 3.69. The first-order chi connectivity index (χ1) is 6.60. The average molecular weight is 218 g/mol. The Morgan fingerprint density at radius 2 is 2.21 bits per heavy atom. The molecule has 1 rings (SSSR count). The minimum absolute atomic E-state index is 0.142. The summed E-state index contributed by atoms with van der Waals surface area (Å²) in [6.45, 7) is 7.97. The molecule has 0 N–H and O–H groups in total. The Kier molecular flexibility index (Phi) is 4.57. The molecule has 0 saturated carbocycles. The van der Waals surface area contributed by atoms with Crippen molar-refractivity contribution in [3.05, 3.63) is 0 Å². The van der Waals surface area contributed by atoms with E-state index in [4.69, 9.17) is 13.9 Å². The van der Waals surface area contributed by atoms with E-state index >= 15 is 0 Å². The standard InChI is InChI=1S/C10H22O3Si/c1-4-5-9(10(2,3)13-14)12-7-8-6-11-8/h8-9H,4-7H2,1-3,14H3. The lowest BCUT2D eigenvalue weighted by Gasteiger charge is -2.33. The van der Waals surface area contributed by atoms with Crippen LogP contribution in [0.25, 0.3) is 0 Å². The summed E-state index contributed by atoms with van der Waals surface area (Å²) >= 11 is 0. The first-order valence-electron chi connectivity index (χ1n) is 5.38. The molecule has 14 heavy (non-hydrogen) atoms. The van der Waals surface area contributed by atoms with Crippen molar-refractivity contribution >= 4 is 10.5 Å². The molecule has 0 aromatic rings. The van der Waals surface area contributed by atoms with Gasteiger partial charge in [0.25, 0.3) is 0 Å². The molecule has 2 atom stereocenters. The second-order valence-electron chi connectivity index (χ2n) is 4.37. The van der Waals surface area contributed by atoms with Crippen molar-refractivity contribution < 1.29 is 13.9 Å². The predicted octanol–water partition coefficient (Wildman–Crippen LogP) is 0.646. The van der Waals surface area contributed by atoms with Crippen LogP contribution in [0.3, 0.4) is 0 Å². The Balaban J connectivity index is 2.35. The minimum Gasteiger partial charge on any atom is -0.420 e. The molecule has 2 unspecified atom stereocenters. The van der Waals surface area contributed by atoms with Crippen LogP contribution in [0.2, 0.25) is 0 Å². The van der Waals surface area contributed by atoms with Gasteiger partial charge in [-0.3, -0.25) is 0 Å². The van der Waals surface area contributed by atoms with E-state index in [1.165, 1.54) is 0 Å². The summed E-state index contributed by atoms with van der Waals surface area (Å²) in [6.07, 6.45) is 2.74. The second-order valence-corrected chi connectivity index (χ2v) is 4.78. The molecule has 0 amide bonds. The molecule has 1 aliphatic heterocycles. The van der Waals surface area contributed by atoms with Crippen LogP contribution in [0.5, 0.6) is 0 Å². The molecule has 0 aromatic carbocycles. The van der Waals surface area contributed by atoms with Crippen molar-refractivity contribution in [3.63, 3.8) is 0 Å². The minimum atomic E-state index is -0.142. The number of hydrogen-bond acceptors (Lipinski definition) is 3. The van der Waals surface area contributed by atoms with Crippen LogP contribution in [0.4, 0.5) is 0 Å². The van der Waals surface area contributed by atoms with Crippen LogP contribution in [0.1, 0.15) is 33.6 Å². The van der Waals surface area contributed by atoms with E-state index < -0.39 is 0 Å². The van der Waals surface area contributed by atoms with E-state index in [-0.39, 0.29) is 11.7 Å². The number of hydrogen-bond donors (Lipinski definition) is 0. The van der Waals surface area contributed by atoms with Gasteiger partial charge in [-0.05, 0) is 20.3 Å². The topological polar surface area (TPSA) is 31.0 Å². The number of ether oxygens (including phenoxy) is 2. The Bertz CT molecular complexity index is 169. The molecule has 0 radical (unpaired) electrons. The van der Waals surface area contributed by atoms with E-state index in [1.807, 2.05) is 0 Å². The first-order valence-corrected chi connectivity index (χ1v) is 6.20. The van der Waals surface area contributed by atoms with Gasteiger partial charge in [-0.25, -0.2) is 0 Å². The van der Waals surface area contributed by atoms with Crippen LogP contribution < -0.4 is 0 Å². The fraction of sp³-hybridized carbons (Fsp3) is 1.00. The molecule has 1 saturated heterocycles. The van der Waals surface area contributed by atoms with Crippen molar-refractivity contribution in [2.45, 2.75) is 51.4 Å². The molecule has 0 bridgehead atoms. The third-order valence-corrected chi connectivity index (χ3v) is 3.79. The molecule has 1 fully saturated rings. The fourth-order valence-electron chi connectivity index (χ4n) is 1.41. The quantitative estimate of drug-likeness (QED) is 0.464. The van der Waals surface area contributed by atoms with Gasteiger partial charge >= 0.3 is 0 Å². The summed E-state index contributed by atoms with van der Waals surface area (Å²) in [7, 11) is 0.760. The predicted molar refractivity (Wildman–Crippen MR) is 59.5 cm³/mol. The van der Waals surface area contributed by atoms with Crippen molar-refractivity contribution in [1.29, 1.82) is 0 Å². The van der Waals surface area contributed by atoms with Gasteiger partial charge in [0.2, 0.25) is 0 Å². The molecule has 0 aromatic heterocycles. The van der Waals surface area contributed by atoms with Gasteiger partial charge in [0, 0.05) is 0 Å². The largest absolute Gasteiger partial charge is 0.420 e. The highest BCUT2D eigenvalue weighted by Gasteiger charge is 2.31. The summed E-state index contributed by atoms with van der Waals surface area (Å²) in [5.41, 5.74) is -0.142. The molecule has 4 heteroatoms. The van der Waals surface area contributed by atoms with Crippen LogP contribution in [-0.2, 0) is 13.9 Å². The maximum atomic E-state index is 5.83. The highest BCUT2D eigenvalue weighted by atomic mass is 28.2. The van der Waals surface area contributed by atoms with Gasteiger partial charge in [-0.2, -0.15) is 0 Å². The second kappa shape index (κ2) is 5.26. The molecule has 84 valence electrons. The van der Waals surface area contributed by atoms with Crippen LogP contribution >= 0.6 is 0 Å². The smallest absolute Gasteiger partial charge is 0.146 e. The van der Waals surface area contributed by atoms with E-state index in [2.05, 4.69) is 20.8 Å². The fourth-order valence-corrected chi connectivity index (χ4v) is 1.68. The van der Waals surface area contributed by atoms with Gasteiger partial charge < -0.3 is 13.9 Å². The van der Waals surface area contributed by atoms with Crippen molar-refractivity contribution in [2.24, 2.45) is 0 Å². The Morgan fingerprint density at radius 1 is 1.57 bits per heavy atom. The monoisotopic (exact) mass is 218 g/mol. The van der Waals surface area contributed by atoms with E-state index in [0.717, 1.165) is 36.5 Å². The molecule has 1 aliphatic rings. The zero-order valence-corrected chi connectivity index (χ0v) is 11.7. The summed E-state index contributed by atoms with van der Waals surface area (Å²) in [6, 6.07) is 0. The normalized spacial score (nSPS) is 23.8. The summed E-state index contributed by atoms with van der Waals surface area (Å²) < 4.78 is 16.5. The van der Waals surface area contributed by atoms with E-state index in [9.17, 15) is 0 Å². The van der Waals surface area contributed by atoms with E-state index in [1.54, 1.807) is 0 Å². The van der Waals surface area contributed by atoms with Gasteiger partial charge in [0.05, 0.1) is 24.9 Å². The molecule has 0 spiro atoms. The maximum Gasteiger partial charge on any atom is 0.146 e. The summed E-state index contributed by atoms with van der Waals surface area (Å²) in [4.78, 5) is 0. The maximum absolute atomic E-state index is 5.83. The highest BCUT2D eigenvalue weighted by Crippen LogP contribution is 2.22.